The molecule has 27 heavy (non-hydrogen) atoms. The Hall–Kier alpha value is -2.74. The normalized spacial score (nSPS) is 16.9. The molecular formula is C19H25NO7. The van der Waals surface area contributed by atoms with Gasteiger partial charge in [-0.2, -0.15) is 0 Å². The Kier molecular flexibility index (Phi) is 7.48. The zero-order valence-electron chi connectivity index (χ0n) is 16.0. The standard InChI is InChI=1S/C19H25NO7/c1-13-11-20(7-8-26-13)18(21)12-27-19(22)6-5-14-9-16(24-3)17(25-4)10-15(14)23-2/h5-6,9-10,13H,7-8,11-12H2,1-4H3/b6-5+. The van der Waals surface area contributed by atoms with Gasteiger partial charge in [0, 0.05) is 30.8 Å². The van der Waals surface area contributed by atoms with E-state index in [0.29, 0.717) is 42.5 Å². The number of carbonyl (C=O) groups is 2. The maximum absolute atomic E-state index is 12.1. The third-order valence-corrected chi connectivity index (χ3v) is 4.07. The maximum atomic E-state index is 12.1. The largest absolute Gasteiger partial charge is 0.496 e. The third-order valence-electron chi connectivity index (χ3n) is 4.07. The number of ether oxygens (including phenoxy) is 5. The SMILES string of the molecule is COc1cc(OC)c(OC)cc1/C=C/C(=O)OCC(=O)N1CCOC(C)C1. The van der Waals surface area contributed by atoms with Crippen LogP contribution in [0.4, 0.5) is 0 Å². The second kappa shape index (κ2) is 9.82. The molecule has 1 aliphatic rings. The van der Waals surface area contributed by atoms with Gasteiger partial charge < -0.3 is 28.6 Å². The number of hydrogen-bond donors (Lipinski definition) is 0. The Bertz CT molecular complexity index is 702. The molecule has 1 fully saturated rings. The van der Waals surface area contributed by atoms with Crippen LogP contribution in [0.3, 0.4) is 0 Å². The molecule has 0 bridgehead atoms. The Morgan fingerprint density at radius 2 is 1.81 bits per heavy atom. The fourth-order valence-corrected chi connectivity index (χ4v) is 2.66. The van der Waals surface area contributed by atoms with Crippen LogP contribution >= 0.6 is 0 Å². The van der Waals surface area contributed by atoms with E-state index in [1.807, 2.05) is 6.92 Å². The molecule has 8 nitrogen and oxygen atoms in total. The smallest absolute Gasteiger partial charge is 0.331 e. The number of amides is 1. The summed E-state index contributed by atoms with van der Waals surface area (Å²) < 4.78 is 26.2. The van der Waals surface area contributed by atoms with Crippen molar-refractivity contribution in [1.82, 2.24) is 4.90 Å². The number of morpholine rings is 1. The van der Waals surface area contributed by atoms with Crippen LogP contribution in [-0.4, -0.2) is 70.5 Å². The molecule has 1 atom stereocenters. The molecule has 0 saturated carbocycles. The van der Waals surface area contributed by atoms with Crippen molar-refractivity contribution in [2.75, 3.05) is 47.6 Å². The van der Waals surface area contributed by atoms with Crippen molar-refractivity contribution >= 4 is 18.0 Å². The Labute approximate surface area is 158 Å². The average molecular weight is 379 g/mol. The minimum absolute atomic E-state index is 0.0178. The van der Waals surface area contributed by atoms with Crippen molar-refractivity contribution < 1.29 is 33.3 Å². The molecule has 0 N–H and O–H groups in total. The Morgan fingerprint density at radius 1 is 1.15 bits per heavy atom. The lowest BCUT2D eigenvalue weighted by atomic mass is 10.1. The number of nitrogens with zero attached hydrogens (tertiary/aromatic N) is 1. The van der Waals surface area contributed by atoms with Gasteiger partial charge in [-0.25, -0.2) is 4.79 Å². The van der Waals surface area contributed by atoms with Crippen molar-refractivity contribution in [2.45, 2.75) is 13.0 Å². The monoisotopic (exact) mass is 379 g/mol. The molecule has 1 saturated heterocycles. The van der Waals surface area contributed by atoms with E-state index in [0.717, 1.165) is 0 Å². The van der Waals surface area contributed by atoms with Crippen LogP contribution in [0.15, 0.2) is 18.2 Å². The van der Waals surface area contributed by atoms with Crippen molar-refractivity contribution in [3.8, 4) is 17.2 Å². The summed E-state index contributed by atoms with van der Waals surface area (Å²) in [6.07, 6.45) is 2.75. The predicted molar refractivity (Wildman–Crippen MR) is 98.1 cm³/mol. The van der Waals surface area contributed by atoms with E-state index >= 15 is 0 Å². The van der Waals surface area contributed by atoms with Crippen molar-refractivity contribution in [1.29, 1.82) is 0 Å². The number of hydrogen-bond acceptors (Lipinski definition) is 7. The van der Waals surface area contributed by atoms with Gasteiger partial charge in [0.15, 0.2) is 18.1 Å². The molecule has 1 aromatic rings. The lowest BCUT2D eigenvalue weighted by Gasteiger charge is -2.30. The maximum Gasteiger partial charge on any atom is 0.331 e. The van der Waals surface area contributed by atoms with Gasteiger partial charge in [-0.05, 0) is 19.1 Å². The first-order valence-electron chi connectivity index (χ1n) is 8.52. The second-order valence-electron chi connectivity index (χ2n) is 5.91. The van der Waals surface area contributed by atoms with E-state index in [9.17, 15) is 9.59 Å². The third kappa shape index (κ3) is 5.62. The van der Waals surface area contributed by atoms with Crippen LogP contribution < -0.4 is 14.2 Å². The molecule has 148 valence electrons. The van der Waals surface area contributed by atoms with Crippen LogP contribution in [0.25, 0.3) is 6.08 Å². The Balaban J connectivity index is 1.96. The molecular weight excluding hydrogens is 354 g/mol. The van der Waals surface area contributed by atoms with Crippen molar-refractivity contribution in [3.63, 3.8) is 0 Å². The summed E-state index contributed by atoms with van der Waals surface area (Å²) in [5.74, 6) is 0.662. The van der Waals surface area contributed by atoms with Crippen LogP contribution in [0.5, 0.6) is 17.2 Å². The highest BCUT2D eigenvalue weighted by Gasteiger charge is 2.22. The van der Waals surface area contributed by atoms with Crippen molar-refractivity contribution in [2.24, 2.45) is 0 Å². The molecule has 0 aliphatic carbocycles. The summed E-state index contributed by atoms with van der Waals surface area (Å²) in [7, 11) is 4.56. The van der Waals surface area contributed by atoms with Crippen LogP contribution in [0.2, 0.25) is 0 Å². The van der Waals surface area contributed by atoms with Crippen molar-refractivity contribution in [3.05, 3.63) is 23.8 Å². The molecule has 1 aliphatic heterocycles. The predicted octanol–water partition coefficient (Wildman–Crippen LogP) is 1.52. The first-order valence-corrected chi connectivity index (χ1v) is 8.52. The molecule has 0 aromatic heterocycles. The number of methoxy groups -OCH3 is 3. The summed E-state index contributed by atoms with van der Waals surface area (Å²) in [6, 6.07) is 3.34. The minimum Gasteiger partial charge on any atom is -0.496 e. The van der Waals surface area contributed by atoms with Gasteiger partial charge in [-0.1, -0.05) is 0 Å². The van der Waals surface area contributed by atoms with Gasteiger partial charge in [-0.3, -0.25) is 4.79 Å². The molecule has 1 aromatic carbocycles. The lowest BCUT2D eigenvalue weighted by molar-refractivity contribution is -0.151. The van der Waals surface area contributed by atoms with E-state index < -0.39 is 5.97 Å². The highest BCUT2D eigenvalue weighted by molar-refractivity contribution is 5.90. The zero-order valence-corrected chi connectivity index (χ0v) is 16.0. The summed E-state index contributed by atoms with van der Waals surface area (Å²) in [5, 5.41) is 0. The lowest BCUT2D eigenvalue weighted by Crippen LogP contribution is -2.46. The van der Waals surface area contributed by atoms with Gasteiger partial charge in [0.2, 0.25) is 0 Å². The topological polar surface area (TPSA) is 83.5 Å². The average Bonchev–Trinajstić information content (AvgIpc) is 2.69. The number of esters is 1. The highest BCUT2D eigenvalue weighted by atomic mass is 16.5. The Morgan fingerprint density at radius 3 is 2.44 bits per heavy atom. The quantitative estimate of drug-likeness (QED) is 0.525. The first kappa shape index (κ1) is 20.6. The molecule has 1 unspecified atom stereocenters. The van der Waals surface area contributed by atoms with E-state index in [1.54, 1.807) is 17.0 Å². The van der Waals surface area contributed by atoms with Gasteiger partial charge >= 0.3 is 5.97 Å². The molecule has 1 heterocycles. The highest BCUT2D eigenvalue weighted by Crippen LogP contribution is 2.35. The van der Waals surface area contributed by atoms with E-state index in [1.165, 1.54) is 33.5 Å². The van der Waals surface area contributed by atoms with Gasteiger partial charge in [0.1, 0.15) is 5.75 Å². The van der Waals surface area contributed by atoms with Gasteiger partial charge in [0.05, 0.1) is 34.0 Å². The van der Waals surface area contributed by atoms with Gasteiger partial charge in [-0.15, -0.1) is 0 Å². The molecule has 0 radical (unpaired) electrons. The number of rotatable bonds is 7. The summed E-state index contributed by atoms with van der Waals surface area (Å²) in [5.41, 5.74) is 0.612. The minimum atomic E-state index is -0.624. The number of benzene rings is 1. The fraction of sp³-hybridized carbons (Fsp3) is 0.474. The summed E-state index contributed by atoms with van der Waals surface area (Å²) in [4.78, 5) is 25.7. The van der Waals surface area contributed by atoms with Crippen LogP contribution in [0, 0.1) is 0 Å². The summed E-state index contributed by atoms with van der Waals surface area (Å²) in [6.45, 7) is 3.07. The van der Waals surface area contributed by atoms with E-state index in [2.05, 4.69) is 0 Å². The number of carbonyl (C=O) groups excluding carboxylic acids is 2. The molecule has 2 rings (SSSR count). The summed E-state index contributed by atoms with van der Waals surface area (Å²) >= 11 is 0. The first-order chi connectivity index (χ1) is 13.0. The second-order valence-corrected chi connectivity index (χ2v) is 5.91. The molecule has 1 amide bonds. The van der Waals surface area contributed by atoms with Gasteiger partial charge in [0.25, 0.3) is 5.91 Å². The van der Waals surface area contributed by atoms with E-state index in [4.69, 9.17) is 23.7 Å². The van der Waals surface area contributed by atoms with Crippen LogP contribution in [0.1, 0.15) is 12.5 Å². The molecule has 8 heteroatoms. The zero-order chi connectivity index (χ0) is 19.8. The fourth-order valence-electron chi connectivity index (χ4n) is 2.66. The van der Waals surface area contributed by atoms with Crippen LogP contribution in [-0.2, 0) is 19.1 Å². The molecule has 0 spiro atoms. The van der Waals surface area contributed by atoms with E-state index in [-0.39, 0.29) is 18.6 Å².